The lowest BCUT2D eigenvalue weighted by atomic mass is 10.1. The van der Waals surface area contributed by atoms with Crippen LogP contribution in [0.4, 0.5) is 4.39 Å². The normalized spacial score (nSPS) is 10.5. The molecule has 25 heavy (non-hydrogen) atoms. The van der Waals surface area contributed by atoms with Crippen molar-refractivity contribution in [3.63, 3.8) is 0 Å². The highest BCUT2D eigenvalue weighted by Crippen LogP contribution is 2.19. The summed E-state index contributed by atoms with van der Waals surface area (Å²) in [5.41, 5.74) is 6.41. The Morgan fingerprint density at radius 1 is 1.16 bits per heavy atom. The van der Waals surface area contributed by atoms with Gasteiger partial charge in [0.05, 0.1) is 0 Å². The molecule has 2 aromatic carbocycles. The van der Waals surface area contributed by atoms with Crippen molar-refractivity contribution >= 4 is 33.8 Å². The molecular weight excluding hydrogens is 391 g/mol. The van der Waals surface area contributed by atoms with E-state index in [0.717, 1.165) is 15.6 Å². The Kier molecular flexibility index (Phi) is 6.71. The highest BCUT2D eigenvalue weighted by Gasteiger charge is 2.04. The van der Waals surface area contributed by atoms with Crippen molar-refractivity contribution in [3.05, 3.63) is 70.0 Å². The summed E-state index contributed by atoms with van der Waals surface area (Å²) < 4.78 is 18.8. The first-order valence-corrected chi connectivity index (χ1v) is 8.15. The molecule has 0 heterocycles. The summed E-state index contributed by atoms with van der Waals surface area (Å²) >= 11 is 3.41. The molecule has 2 aromatic rings. The van der Waals surface area contributed by atoms with Gasteiger partial charge in [-0.2, -0.15) is 0 Å². The van der Waals surface area contributed by atoms with Crippen LogP contribution >= 0.6 is 15.9 Å². The summed E-state index contributed by atoms with van der Waals surface area (Å²) in [7, 11) is 0. The average molecular weight is 407 g/mol. The van der Waals surface area contributed by atoms with Crippen LogP contribution in [0.2, 0.25) is 0 Å². The van der Waals surface area contributed by atoms with Crippen LogP contribution in [0.5, 0.6) is 5.75 Å². The fourth-order valence-corrected chi connectivity index (χ4v) is 2.45. The van der Waals surface area contributed by atoms with E-state index in [-0.39, 0.29) is 6.61 Å². The molecule has 0 aliphatic carbocycles. The second-order valence-corrected chi connectivity index (χ2v) is 5.99. The van der Waals surface area contributed by atoms with E-state index < -0.39 is 17.6 Å². The van der Waals surface area contributed by atoms with Gasteiger partial charge in [-0.3, -0.25) is 20.4 Å². The van der Waals surface area contributed by atoms with Gasteiger partial charge in [-0.05, 0) is 54.5 Å². The SMILES string of the molecule is Cc1ccc(/C=C/C(=O)NNC(=O)COc2ccc(F)cc2)c(Br)c1. The molecule has 2 amide bonds. The van der Waals surface area contributed by atoms with Crippen molar-refractivity contribution < 1.29 is 18.7 Å². The molecular formula is C18H16BrFN2O3. The number of benzene rings is 2. The van der Waals surface area contributed by atoms with E-state index in [2.05, 4.69) is 26.8 Å². The smallest absolute Gasteiger partial charge is 0.276 e. The lowest BCUT2D eigenvalue weighted by Gasteiger charge is -2.07. The first-order chi connectivity index (χ1) is 11.9. The van der Waals surface area contributed by atoms with Crippen molar-refractivity contribution in [3.8, 4) is 5.75 Å². The largest absolute Gasteiger partial charge is 0.484 e. The third kappa shape index (κ3) is 6.39. The zero-order valence-corrected chi connectivity index (χ0v) is 15.0. The monoisotopic (exact) mass is 406 g/mol. The number of rotatable bonds is 5. The Bertz CT molecular complexity index is 791. The van der Waals surface area contributed by atoms with Gasteiger partial charge >= 0.3 is 0 Å². The molecule has 0 aliphatic rings. The summed E-state index contributed by atoms with van der Waals surface area (Å²) in [6, 6.07) is 11.0. The van der Waals surface area contributed by atoms with Crippen molar-refractivity contribution in [1.82, 2.24) is 10.9 Å². The third-order valence-corrected chi connectivity index (χ3v) is 3.77. The standard InChI is InChI=1S/C18H16BrFN2O3/c1-12-2-3-13(16(19)10-12)4-9-17(23)21-22-18(24)11-25-15-7-5-14(20)6-8-15/h2-10H,11H2,1H3,(H,21,23)(H,22,24)/b9-4+. The minimum Gasteiger partial charge on any atom is -0.484 e. The molecule has 2 N–H and O–H groups in total. The lowest BCUT2D eigenvalue weighted by Crippen LogP contribution is -2.43. The second-order valence-electron chi connectivity index (χ2n) is 5.14. The van der Waals surface area contributed by atoms with Gasteiger partial charge in [0, 0.05) is 10.5 Å². The van der Waals surface area contributed by atoms with Crippen molar-refractivity contribution in [1.29, 1.82) is 0 Å². The number of amides is 2. The minimum atomic E-state index is -0.539. The molecule has 2 rings (SSSR count). The van der Waals surface area contributed by atoms with Gasteiger partial charge in [-0.1, -0.05) is 28.1 Å². The van der Waals surface area contributed by atoms with Crippen LogP contribution in [0.1, 0.15) is 11.1 Å². The van der Waals surface area contributed by atoms with E-state index in [1.807, 2.05) is 25.1 Å². The third-order valence-electron chi connectivity index (χ3n) is 3.08. The summed E-state index contributed by atoms with van der Waals surface area (Å²) in [6.45, 7) is 1.66. The maximum Gasteiger partial charge on any atom is 0.276 e. The van der Waals surface area contributed by atoms with E-state index in [1.54, 1.807) is 6.08 Å². The average Bonchev–Trinajstić information content (AvgIpc) is 2.58. The molecule has 0 radical (unpaired) electrons. The zero-order valence-electron chi connectivity index (χ0n) is 13.4. The maximum atomic E-state index is 12.7. The number of aryl methyl sites for hydroxylation is 1. The summed E-state index contributed by atoms with van der Waals surface area (Å²) in [5, 5.41) is 0. The van der Waals surface area contributed by atoms with E-state index in [9.17, 15) is 14.0 Å². The molecule has 0 unspecified atom stereocenters. The van der Waals surface area contributed by atoms with Crippen LogP contribution in [0.25, 0.3) is 6.08 Å². The Balaban J connectivity index is 1.76. The highest BCUT2D eigenvalue weighted by atomic mass is 79.9. The summed E-state index contributed by atoms with van der Waals surface area (Å²) in [4.78, 5) is 23.3. The first-order valence-electron chi connectivity index (χ1n) is 7.35. The number of carbonyl (C=O) groups excluding carboxylic acids is 2. The maximum absolute atomic E-state index is 12.7. The second kappa shape index (κ2) is 8.98. The molecule has 7 heteroatoms. The fraction of sp³-hybridized carbons (Fsp3) is 0.111. The van der Waals surface area contributed by atoms with Crippen LogP contribution in [0, 0.1) is 12.7 Å². The van der Waals surface area contributed by atoms with Crippen LogP contribution in [0.15, 0.2) is 53.0 Å². The van der Waals surface area contributed by atoms with Crippen LogP contribution < -0.4 is 15.6 Å². The fourth-order valence-electron chi connectivity index (χ4n) is 1.82. The van der Waals surface area contributed by atoms with E-state index >= 15 is 0 Å². The predicted octanol–water partition coefficient (Wildman–Crippen LogP) is 3.14. The Morgan fingerprint density at radius 3 is 2.56 bits per heavy atom. The Hall–Kier alpha value is -2.67. The molecule has 5 nitrogen and oxygen atoms in total. The molecule has 0 aliphatic heterocycles. The van der Waals surface area contributed by atoms with Gasteiger partial charge < -0.3 is 4.74 Å². The number of carbonyl (C=O) groups is 2. The van der Waals surface area contributed by atoms with Gasteiger partial charge in [-0.15, -0.1) is 0 Å². The van der Waals surface area contributed by atoms with E-state index in [4.69, 9.17) is 4.74 Å². The van der Waals surface area contributed by atoms with Gasteiger partial charge in [0.15, 0.2) is 6.61 Å². The molecule has 0 saturated carbocycles. The summed E-state index contributed by atoms with van der Waals surface area (Å²) in [5.74, 6) is -1.06. The predicted molar refractivity (Wildman–Crippen MR) is 96.1 cm³/mol. The lowest BCUT2D eigenvalue weighted by molar-refractivity contribution is -0.128. The number of hydrogen-bond acceptors (Lipinski definition) is 3. The van der Waals surface area contributed by atoms with E-state index in [1.165, 1.54) is 30.3 Å². The molecule has 0 bridgehead atoms. The molecule has 0 fully saturated rings. The number of nitrogens with one attached hydrogen (secondary N) is 2. The number of hydrogen-bond donors (Lipinski definition) is 2. The van der Waals surface area contributed by atoms with Crippen molar-refractivity contribution in [2.75, 3.05) is 6.61 Å². The highest BCUT2D eigenvalue weighted by molar-refractivity contribution is 9.10. The number of halogens is 2. The van der Waals surface area contributed by atoms with Crippen LogP contribution in [-0.2, 0) is 9.59 Å². The minimum absolute atomic E-state index is 0.306. The molecule has 0 aromatic heterocycles. The van der Waals surface area contributed by atoms with Crippen LogP contribution in [-0.4, -0.2) is 18.4 Å². The Labute approximate surface area is 153 Å². The van der Waals surface area contributed by atoms with Gasteiger partial charge in [0.25, 0.3) is 11.8 Å². The van der Waals surface area contributed by atoms with E-state index in [0.29, 0.717) is 5.75 Å². The Morgan fingerprint density at radius 2 is 1.88 bits per heavy atom. The quantitative estimate of drug-likeness (QED) is 0.591. The summed E-state index contributed by atoms with van der Waals surface area (Å²) in [6.07, 6.45) is 2.93. The first kappa shape index (κ1) is 18.7. The molecule has 0 saturated heterocycles. The topological polar surface area (TPSA) is 67.4 Å². The zero-order chi connectivity index (χ0) is 18.2. The van der Waals surface area contributed by atoms with Gasteiger partial charge in [-0.25, -0.2) is 4.39 Å². The van der Waals surface area contributed by atoms with Gasteiger partial charge in [0.1, 0.15) is 11.6 Å². The van der Waals surface area contributed by atoms with Crippen molar-refractivity contribution in [2.24, 2.45) is 0 Å². The van der Waals surface area contributed by atoms with Gasteiger partial charge in [0.2, 0.25) is 0 Å². The molecule has 0 atom stereocenters. The van der Waals surface area contributed by atoms with Crippen LogP contribution in [0.3, 0.4) is 0 Å². The van der Waals surface area contributed by atoms with Crippen molar-refractivity contribution in [2.45, 2.75) is 6.92 Å². The molecule has 0 spiro atoms. The molecule has 130 valence electrons. The number of hydrazine groups is 1. The number of ether oxygens (including phenoxy) is 1.